The standard InChI is InChI=1S/C16H23FN2O2/c1-5-19(15(21)16(2,3)4)11-14(20)18-10-12-6-8-13(17)9-7-12/h6-9H,5,10-11H2,1-4H3,(H,18,20). The Labute approximate surface area is 125 Å². The van der Waals surface area contributed by atoms with Crippen molar-refractivity contribution in [3.63, 3.8) is 0 Å². The molecule has 2 amide bonds. The van der Waals surface area contributed by atoms with Crippen molar-refractivity contribution in [1.82, 2.24) is 10.2 Å². The quantitative estimate of drug-likeness (QED) is 0.906. The third-order valence-electron chi connectivity index (χ3n) is 3.05. The van der Waals surface area contributed by atoms with E-state index < -0.39 is 5.41 Å². The number of hydrogen-bond donors (Lipinski definition) is 1. The molecule has 4 nitrogen and oxygen atoms in total. The number of rotatable bonds is 5. The average molecular weight is 294 g/mol. The van der Waals surface area contributed by atoms with Crippen molar-refractivity contribution in [1.29, 1.82) is 0 Å². The SMILES string of the molecule is CCN(CC(=O)NCc1ccc(F)cc1)C(=O)C(C)(C)C. The smallest absolute Gasteiger partial charge is 0.239 e. The van der Waals surface area contributed by atoms with Crippen molar-refractivity contribution in [2.24, 2.45) is 5.41 Å². The number of benzene rings is 1. The van der Waals surface area contributed by atoms with Gasteiger partial charge in [-0.25, -0.2) is 4.39 Å². The van der Waals surface area contributed by atoms with Gasteiger partial charge in [0.25, 0.3) is 0 Å². The third-order valence-corrected chi connectivity index (χ3v) is 3.05. The number of halogens is 1. The molecule has 0 saturated carbocycles. The second-order valence-corrected chi connectivity index (χ2v) is 5.97. The Kier molecular flexibility index (Phi) is 5.88. The number of carbonyl (C=O) groups is 2. The van der Waals surface area contributed by atoms with Gasteiger partial charge in [-0.15, -0.1) is 0 Å². The van der Waals surface area contributed by atoms with Gasteiger partial charge in [0.05, 0.1) is 6.54 Å². The molecule has 0 bridgehead atoms. The molecule has 1 N–H and O–H groups in total. The van der Waals surface area contributed by atoms with Crippen LogP contribution in [0.2, 0.25) is 0 Å². The summed E-state index contributed by atoms with van der Waals surface area (Å²) in [6, 6.07) is 5.94. The topological polar surface area (TPSA) is 49.4 Å². The number of likely N-dealkylation sites (N-methyl/N-ethyl adjacent to an activating group) is 1. The number of carbonyl (C=O) groups excluding carboxylic acids is 2. The summed E-state index contributed by atoms with van der Waals surface area (Å²) in [6.45, 7) is 8.17. The van der Waals surface area contributed by atoms with Crippen LogP contribution in [-0.2, 0) is 16.1 Å². The van der Waals surface area contributed by atoms with Crippen LogP contribution in [0.25, 0.3) is 0 Å². The minimum Gasteiger partial charge on any atom is -0.350 e. The van der Waals surface area contributed by atoms with E-state index in [0.717, 1.165) is 5.56 Å². The lowest BCUT2D eigenvalue weighted by Crippen LogP contribution is -2.45. The minimum absolute atomic E-state index is 0.0355. The van der Waals surface area contributed by atoms with Crippen molar-refractivity contribution < 1.29 is 14.0 Å². The van der Waals surface area contributed by atoms with Crippen LogP contribution in [0.3, 0.4) is 0 Å². The van der Waals surface area contributed by atoms with Gasteiger partial charge in [0.2, 0.25) is 11.8 Å². The van der Waals surface area contributed by atoms with E-state index in [4.69, 9.17) is 0 Å². The maximum absolute atomic E-state index is 12.8. The summed E-state index contributed by atoms with van der Waals surface area (Å²) in [5.74, 6) is -0.585. The van der Waals surface area contributed by atoms with Gasteiger partial charge < -0.3 is 10.2 Å². The molecule has 0 aromatic heterocycles. The molecule has 0 spiro atoms. The summed E-state index contributed by atoms with van der Waals surface area (Å²) in [4.78, 5) is 25.6. The Hall–Kier alpha value is -1.91. The molecule has 5 heteroatoms. The van der Waals surface area contributed by atoms with Crippen LogP contribution in [0.15, 0.2) is 24.3 Å². The fourth-order valence-corrected chi connectivity index (χ4v) is 1.83. The van der Waals surface area contributed by atoms with Gasteiger partial charge in [-0.3, -0.25) is 9.59 Å². The minimum atomic E-state index is -0.507. The Morgan fingerprint density at radius 2 is 1.76 bits per heavy atom. The molecule has 116 valence electrons. The summed E-state index contributed by atoms with van der Waals surface area (Å²) in [6.07, 6.45) is 0. The molecular weight excluding hydrogens is 271 g/mol. The second kappa shape index (κ2) is 7.20. The molecule has 0 radical (unpaired) electrons. The molecule has 0 saturated heterocycles. The van der Waals surface area contributed by atoms with Crippen LogP contribution in [0, 0.1) is 11.2 Å². The molecule has 0 aliphatic rings. The van der Waals surface area contributed by atoms with Crippen molar-refractivity contribution >= 4 is 11.8 Å². The van der Waals surface area contributed by atoms with E-state index in [1.165, 1.54) is 17.0 Å². The zero-order valence-corrected chi connectivity index (χ0v) is 13.1. The van der Waals surface area contributed by atoms with Crippen LogP contribution < -0.4 is 5.32 Å². The first kappa shape index (κ1) is 17.1. The first-order valence-corrected chi connectivity index (χ1v) is 7.04. The van der Waals surface area contributed by atoms with Crippen molar-refractivity contribution in [3.05, 3.63) is 35.6 Å². The highest BCUT2D eigenvalue weighted by Crippen LogP contribution is 2.16. The van der Waals surface area contributed by atoms with Gasteiger partial charge in [0.15, 0.2) is 0 Å². The zero-order valence-electron chi connectivity index (χ0n) is 13.1. The van der Waals surface area contributed by atoms with Crippen molar-refractivity contribution in [3.8, 4) is 0 Å². The third kappa shape index (κ3) is 5.53. The molecule has 0 aliphatic carbocycles. The van der Waals surface area contributed by atoms with E-state index in [1.807, 2.05) is 27.7 Å². The molecule has 0 atom stereocenters. The molecule has 0 unspecified atom stereocenters. The first-order valence-electron chi connectivity index (χ1n) is 7.04. The lowest BCUT2D eigenvalue weighted by atomic mass is 9.94. The number of nitrogens with zero attached hydrogens (tertiary/aromatic N) is 1. The van der Waals surface area contributed by atoms with Crippen LogP contribution in [-0.4, -0.2) is 29.8 Å². The molecule has 1 rings (SSSR count). The van der Waals surface area contributed by atoms with Gasteiger partial charge in [0, 0.05) is 18.5 Å². The van der Waals surface area contributed by atoms with Crippen LogP contribution in [0.4, 0.5) is 4.39 Å². The van der Waals surface area contributed by atoms with Crippen molar-refractivity contribution in [2.75, 3.05) is 13.1 Å². The molecular formula is C16H23FN2O2. The van der Waals surface area contributed by atoms with E-state index in [-0.39, 0.29) is 24.2 Å². The van der Waals surface area contributed by atoms with Crippen LogP contribution in [0.1, 0.15) is 33.3 Å². The highest BCUT2D eigenvalue weighted by atomic mass is 19.1. The van der Waals surface area contributed by atoms with Crippen molar-refractivity contribution in [2.45, 2.75) is 34.2 Å². The highest BCUT2D eigenvalue weighted by Gasteiger charge is 2.27. The predicted octanol–water partition coefficient (Wildman–Crippen LogP) is 2.34. The number of amides is 2. The van der Waals surface area contributed by atoms with Gasteiger partial charge in [-0.05, 0) is 24.6 Å². The van der Waals surface area contributed by atoms with Gasteiger partial charge in [0.1, 0.15) is 5.82 Å². The largest absolute Gasteiger partial charge is 0.350 e. The maximum atomic E-state index is 12.8. The van der Waals surface area contributed by atoms with E-state index in [2.05, 4.69) is 5.32 Å². The lowest BCUT2D eigenvalue weighted by Gasteiger charge is -2.28. The molecule has 21 heavy (non-hydrogen) atoms. The molecule has 1 aromatic carbocycles. The van der Waals surface area contributed by atoms with E-state index in [0.29, 0.717) is 13.1 Å². The summed E-state index contributed by atoms with van der Waals surface area (Å²) in [5.41, 5.74) is 0.308. The average Bonchev–Trinajstić information content (AvgIpc) is 2.42. The first-order chi connectivity index (χ1) is 9.74. The monoisotopic (exact) mass is 294 g/mol. The zero-order chi connectivity index (χ0) is 16.0. The molecule has 0 aliphatic heterocycles. The number of hydrogen-bond acceptors (Lipinski definition) is 2. The van der Waals surface area contributed by atoms with E-state index in [9.17, 15) is 14.0 Å². The van der Waals surface area contributed by atoms with E-state index >= 15 is 0 Å². The molecule has 0 fully saturated rings. The van der Waals surface area contributed by atoms with Gasteiger partial charge in [-0.1, -0.05) is 32.9 Å². The Bertz CT molecular complexity index is 492. The maximum Gasteiger partial charge on any atom is 0.239 e. The Morgan fingerprint density at radius 3 is 2.24 bits per heavy atom. The summed E-state index contributed by atoms with van der Waals surface area (Å²) in [5, 5.41) is 2.73. The van der Waals surface area contributed by atoms with Gasteiger partial charge >= 0.3 is 0 Å². The Balaban J connectivity index is 2.52. The van der Waals surface area contributed by atoms with Gasteiger partial charge in [-0.2, -0.15) is 0 Å². The molecule has 1 aromatic rings. The summed E-state index contributed by atoms with van der Waals surface area (Å²) in [7, 11) is 0. The second-order valence-electron chi connectivity index (χ2n) is 5.97. The fourth-order valence-electron chi connectivity index (χ4n) is 1.83. The fraction of sp³-hybridized carbons (Fsp3) is 0.500. The summed E-state index contributed by atoms with van der Waals surface area (Å²) >= 11 is 0. The summed E-state index contributed by atoms with van der Waals surface area (Å²) < 4.78 is 12.8. The predicted molar refractivity (Wildman–Crippen MR) is 80.0 cm³/mol. The molecule has 0 heterocycles. The normalized spacial score (nSPS) is 11.1. The Morgan fingerprint density at radius 1 is 1.19 bits per heavy atom. The van der Waals surface area contributed by atoms with Crippen LogP contribution in [0.5, 0.6) is 0 Å². The van der Waals surface area contributed by atoms with E-state index in [1.54, 1.807) is 12.1 Å². The van der Waals surface area contributed by atoms with Crippen LogP contribution >= 0.6 is 0 Å². The lowest BCUT2D eigenvalue weighted by molar-refractivity contribution is -0.142. The number of nitrogens with one attached hydrogen (secondary N) is 1. The highest BCUT2D eigenvalue weighted by molar-refractivity contribution is 5.87.